The van der Waals surface area contributed by atoms with E-state index >= 15 is 0 Å². The van der Waals surface area contributed by atoms with Crippen molar-refractivity contribution in [2.24, 2.45) is 0 Å². The first-order chi connectivity index (χ1) is 13.5. The van der Waals surface area contributed by atoms with E-state index in [0.29, 0.717) is 24.4 Å². The number of aryl methyl sites for hydroxylation is 1. The van der Waals surface area contributed by atoms with E-state index in [1.54, 1.807) is 14.2 Å². The SMILES string of the molecule is CCc1c(C(=O)OCC(=O)N(C)Cc2ccc(OC)cc2)cnc2ncnn12. The number of hydrogen-bond donors (Lipinski definition) is 0. The average molecular weight is 383 g/mol. The summed E-state index contributed by atoms with van der Waals surface area (Å²) < 4.78 is 11.8. The lowest BCUT2D eigenvalue weighted by molar-refractivity contribution is -0.133. The van der Waals surface area contributed by atoms with E-state index in [9.17, 15) is 9.59 Å². The molecule has 0 radical (unpaired) electrons. The van der Waals surface area contributed by atoms with Crippen LogP contribution in [0.15, 0.2) is 36.8 Å². The molecule has 0 N–H and O–H groups in total. The zero-order chi connectivity index (χ0) is 20.1. The second-order valence-electron chi connectivity index (χ2n) is 6.12. The van der Waals surface area contributed by atoms with Crippen LogP contribution < -0.4 is 4.74 Å². The molecule has 0 bridgehead atoms. The molecule has 1 aromatic carbocycles. The fraction of sp³-hybridized carbons (Fsp3) is 0.316. The van der Waals surface area contributed by atoms with Crippen molar-refractivity contribution in [2.75, 3.05) is 20.8 Å². The van der Waals surface area contributed by atoms with Gasteiger partial charge in [-0.05, 0) is 24.1 Å². The van der Waals surface area contributed by atoms with Crippen molar-refractivity contribution >= 4 is 17.7 Å². The molecule has 0 atom stereocenters. The maximum atomic E-state index is 12.4. The number of ether oxygens (including phenoxy) is 2. The van der Waals surface area contributed by atoms with Crippen LogP contribution in [0, 0.1) is 0 Å². The highest BCUT2D eigenvalue weighted by atomic mass is 16.5. The topological polar surface area (TPSA) is 98.9 Å². The summed E-state index contributed by atoms with van der Waals surface area (Å²) in [6.45, 7) is 1.93. The molecule has 0 saturated heterocycles. The van der Waals surface area contributed by atoms with Crippen molar-refractivity contribution < 1.29 is 19.1 Å². The van der Waals surface area contributed by atoms with Crippen LogP contribution >= 0.6 is 0 Å². The lowest BCUT2D eigenvalue weighted by Crippen LogP contribution is -2.31. The molecule has 2 aromatic heterocycles. The molecule has 1 amide bonds. The summed E-state index contributed by atoms with van der Waals surface area (Å²) in [5.74, 6) is 0.227. The largest absolute Gasteiger partial charge is 0.497 e. The van der Waals surface area contributed by atoms with Crippen LogP contribution in [0.3, 0.4) is 0 Å². The number of fused-ring (bicyclic) bond motifs is 1. The zero-order valence-corrected chi connectivity index (χ0v) is 16.0. The average Bonchev–Trinajstić information content (AvgIpc) is 3.20. The van der Waals surface area contributed by atoms with Gasteiger partial charge in [-0.2, -0.15) is 10.1 Å². The smallest absolute Gasteiger partial charge is 0.342 e. The third-order valence-electron chi connectivity index (χ3n) is 4.29. The third-order valence-corrected chi connectivity index (χ3v) is 4.29. The van der Waals surface area contributed by atoms with E-state index in [1.165, 1.54) is 21.9 Å². The Kier molecular flexibility index (Phi) is 5.83. The number of likely N-dealkylation sites (N-methyl/N-ethyl adjacent to an activating group) is 1. The molecule has 0 aliphatic carbocycles. The van der Waals surface area contributed by atoms with Gasteiger partial charge in [-0.15, -0.1) is 0 Å². The third kappa shape index (κ3) is 4.08. The molecule has 0 unspecified atom stereocenters. The number of carbonyl (C=O) groups is 2. The highest BCUT2D eigenvalue weighted by Crippen LogP contribution is 2.13. The molecule has 0 saturated carbocycles. The van der Waals surface area contributed by atoms with Gasteiger partial charge in [-0.25, -0.2) is 14.3 Å². The standard InChI is InChI=1S/C19H21N5O4/c1-4-16-15(9-20-19-21-12-22-24(16)19)18(26)28-11-17(25)23(2)10-13-5-7-14(27-3)8-6-13/h5-9,12H,4,10-11H2,1-3H3. The first-order valence-corrected chi connectivity index (χ1v) is 8.75. The van der Waals surface area contributed by atoms with Gasteiger partial charge < -0.3 is 14.4 Å². The van der Waals surface area contributed by atoms with E-state index < -0.39 is 5.97 Å². The highest BCUT2D eigenvalue weighted by molar-refractivity contribution is 5.92. The Morgan fingerprint density at radius 3 is 2.61 bits per heavy atom. The van der Waals surface area contributed by atoms with Crippen LogP contribution in [0.2, 0.25) is 0 Å². The second-order valence-corrected chi connectivity index (χ2v) is 6.12. The molecule has 0 aliphatic heterocycles. The lowest BCUT2D eigenvalue weighted by Gasteiger charge is -2.17. The molecule has 146 valence electrons. The Labute approximate surface area is 161 Å². The second kappa shape index (κ2) is 8.47. The normalized spacial score (nSPS) is 10.7. The highest BCUT2D eigenvalue weighted by Gasteiger charge is 2.19. The van der Waals surface area contributed by atoms with Crippen molar-refractivity contribution in [1.29, 1.82) is 0 Å². The van der Waals surface area contributed by atoms with Gasteiger partial charge in [0.15, 0.2) is 6.61 Å². The number of aromatic nitrogens is 4. The fourth-order valence-corrected chi connectivity index (χ4v) is 2.74. The van der Waals surface area contributed by atoms with E-state index in [0.717, 1.165) is 11.3 Å². The van der Waals surface area contributed by atoms with Crippen molar-refractivity contribution in [3.8, 4) is 5.75 Å². The van der Waals surface area contributed by atoms with Gasteiger partial charge in [-0.3, -0.25) is 4.79 Å². The lowest BCUT2D eigenvalue weighted by atomic mass is 10.2. The molecule has 3 rings (SSSR count). The molecular formula is C19H21N5O4. The van der Waals surface area contributed by atoms with Gasteiger partial charge in [0.25, 0.3) is 11.7 Å². The number of hydrogen-bond acceptors (Lipinski definition) is 7. The quantitative estimate of drug-likeness (QED) is 0.570. The van der Waals surface area contributed by atoms with Crippen LogP contribution in [0.1, 0.15) is 28.5 Å². The van der Waals surface area contributed by atoms with Crippen molar-refractivity contribution in [3.05, 3.63) is 53.6 Å². The van der Waals surface area contributed by atoms with E-state index in [4.69, 9.17) is 9.47 Å². The molecule has 0 spiro atoms. The van der Waals surface area contributed by atoms with Crippen LogP contribution in [-0.2, 0) is 22.5 Å². The summed E-state index contributed by atoms with van der Waals surface area (Å²) in [7, 11) is 3.25. The minimum atomic E-state index is -0.618. The molecule has 0 fully saturated rings. The summed E-state index contributed by atoms with van der Waals surface area (Å²) in [6.07, 6.45) is 3.31. The number of methoxy groups -OCH3 is 1. The predicted molar refractivity (Wildman–Crippen MR) is 99.9 cm³/mol. The Balaban J connectivity index is 1.61. The zero-order valence-electron chi connectivity index (χ0n) is 16.0. The minimum absolute atomic E-state index is 0.270. The van der Waals surface area contributed by atoms with Gasteiger partial charge in [0.1, 0.15) is 12.1 Å². The molecular weight excluding hydrogens is 362 g/mol. The Hall–Kier alpha value is -3.49. The molecule has 9 heteroatoms. The van der Waals surface area contributed by atoms with E-state index in [2.05, 4.69) is 15.1 Å². The summed E-state index contributed by atoms with van der Waals surface area (Å²) >= 11 is 0. The van der Waals surface area contributed by atoms with Crippen LogP contribution in [-0.4, -0.2) is 57.1 Å². The summed E-state index contributed by atoms with van der Waals surface area (Å²) in [5.41, 5.74) is 1.84. The van der Waals surface area contributed by atoms with Crippen molar-refractivity contribution in [2.45, 2.75) is 19.9 Å². The van der Waals surface area contributed by atoms with Gasteiger partial charge in [0, 0.05) is 19.8 Å². The maximum absolute atomic E-state index is 12.4. The monoisotopic (exact) mass is 383 g/mol. The van der Waals surface area contributed by atoms with E-state index in [-0.39, 0.29) is 18.1 Å². The van der Waals surface area contributed by atoms with Crippen molar-refractivity contribution in [3.63, 3.8) is 0 Å². The first kappa shape index (κ1) is 19.3. The molecule has 9 nitrogen and oxygen atoms in total. The molecule has 28 heavy (non-hydrogen) atoms. The summed E-state index contributed by atoms with van der Waals surface area (Å²) in [4.78, 5) is 34.3. The van der Waals surface area contributed by atoms with Gasteiger partial charge in [0.05, 0.1) is 18.4 Å². The minimum Gasteiger partial charge on any atom is -0.497 e. The molecule has 3 aromatic rings. The Bertz CT molecular complexity index is 984. The Morgan fingerprint density at radius 2 is 1.93 bits per heavy atom. The fourth-order valence-electron chi connectivity index (χ4n) is 2.74. The van der Waals surface area contributed by atoms with Gasteiger partial charge >= 0.3 is 5.97 Å². The number of esters is 1. The van der Waals surface area contributed by atoms with Gasteiger partial charge in [-0.1, -0.05) is 19.1 Å². The number of carbonyl (C=O) groups excluding carboxylic acids is 2. The number of nitrogens with zero attached hydrogens (tertiary/aromatic N) is 5. The van der Waals surface area contributed by atoms with Gasteiger partial charge in [0.2, 0.25) is 0 Å². The van der Waals surface area contributed by atoms with Crippen molar-refractivity contribution in [1.82, 2.24) is 24.5 Å². The number of benzene rings is 1. The Morgan fingerprint density at radius 1 is 1.18 bits per heavy atom. The summed E-state index contributed by atoms with van der Waals surface area (Å²) in [5, 5.41) is 4.07. The molecule has 2 heterocycles. The maximum Gasteiger partial charge on any atom is 0.342 e. The van der Waals surface area contributed by atoms with Crippen LogP contribution in [0.5, 0.6) is 5.75 Å². The number of rotatable bonds is 7. The summed E-state index contributed by atoms with van der Waals surface area (Å²) in [6, 6.07) is 7.41. The predicted octanol–water partition coefficient (Wildman–Crippen LogP) is 1.51. The first-order valence-electron chi connectivity index (χ1n) is 8.75. The van der Waals surface area contributed by atoms with E-state index in [1.807, 2.05) is 31.2 Å². The van der Waals surface area contributed by atoms with Crippen LogP contribution in [0.4, 0.5) is 0 Å². The van der Waals surface area contributed by atoms with Crippen LogP contribution in [0.25, 0.3) is 5.78 Å². The number of amides is 1. The molecule has 0 aliphatic rings.